The number of nitrogens with one attached hydrogen (secondary N) is 1. The lowest BCUT2D eigenvalue weighted by Crippen LogP contribution is -2.54. The maximum Gasteiger partial charge on any atom is 0.335 e. The Bertz CT molecular complexity index is 980. The molecule has 0 saturated carbocycles. The van der Waals surface area contributed by atoms with Gasteiger partial charge in [0.1, 0.15) is 11.4 Å². The lowest BCUT2D eigenvalue weighted by Gasteiger charge is -2.29. The van der Waals surface area contributed by atoms with E-state index in [-0.39, 0.29) is 11.3 Å². The van der Waals surface area contributed by atoms with E-state index in [4.69, 9.17) is 4.74 Å². The summed E-state index contributed by atoms with van der Waals surface area (Å²) in [7, 11) is 0. The molecule has 0 bridgehead atoms. The molecule has 29 heavy (non-hydrogen) atoms. The van der Waals surface area contributed by atoms with E-state index in [1.807, 2.05) is 12.1 Å². The predicted octanol–water partition coefficient (Wildman–Crippen LogP) is 2.33. The van der Waals surface area contributed by atoms with Crippen LogP contribution < -0.4 is 15.1 Å². The monoisotopic (exact) mass is 395 g/mol. The van der Waals surface area contributed by atoms with Gasteiger partial charge in [0.15, 0.2) is 0 Å². The van der Waals surface area contributed by atoms with Gasteiger partial charge in [0.05, 0.1) is 18.9 Å². The molecule has 0 atom stereocenters. The fourth-order valence-electron chi connectivity index (χ4n) is 3.25. The van der Waals surface area contributed by atoms with Crippen LogP contribution in [0.5, 0.6) is 0 Å². The van der Waals surface area contributed by atoms with Crippen molar-refractivity contribution in [1.29, 1.82) is 0 Å². The van der Waals surface area contributed by atoms with Gasteiger partial charge in [-0.05, 0) is 48.0 Å². The minimum Gasteiger partial charge on any atom is -0.378 e. The van der Waals surface area contributed by atoms with E-state index >= 15 is 0 Å². The third kappa shape index (κ3) is 3.88. The Morgan fingerprint density at radius 2 is 1.52 bits per heavy atom. The van der Waals surface area contributed by atoms with Gasteiger partial charge in [-0.2, -0.15) is 0 Å². The summed E-state index contributed by atoms with van der Waals surface area (Å²) >= 11 is 0. The SMILES string of the molecule is O=C1NC(=O)N(c2ccc(F)cc2)C(=O)C1=Cc1ccc(N2CCOCC2)cc1. The van der Waals surface area contributed by atoms with E-state index in [9.17, 15) is 18.8 Å². The molecular formula is C21H18FN3O4. The standard InChI is InChI=1S/C21H18FN3O4/c22-15-3-7-17(8-4-15)25-20(27)18(19(26)23-21(25)28)13-14-1-5-16(6-2-14)24-9-11-29-12-10-24/h1-8,13H,9-12H2,(H,23,26,28). The van der Waals surface area contributed by atoms with Gasteiger partial charge in [0.25, 0.3) is 11.8 Å². The number of ether oxygens (including phenoxy) is 1. The number of benzene rings is 2. The maximum atomic E-state index is 13.2. The Morgan fingerprint density at radius 3 is 2.17 bits per heavy atom. The zero-order valence-corrected chi connectivity index (χ0v) is 15.4. The van der Waals surface area contributed by atoms with Crippen LogP contribution in [0.2, 0.25) is 0 Å². The van der Waals surface area contributed by atoms with Crippen molar-refractivity contribution in [2.24, 2.45) is 0 Å². The number of hydrogen-bond donors (Lipinski definition) is 1. The Kier molecular flexibility index (Phi) is 5.09. The minimum absolute atomic E-state index is 0.173. The second kappa shape index (κ2) is 7.84. The molecule has 0 unspecified atom stereocenters. The van der Waals surface area contributed by atoms with Crippen LogP contribution in [-0.4, -0.2) is 44.1 Å². The van der Waals surface area contributed by atoms with Gasteiger partial charge < -0.3 is 9.64 Å². The summed E-state index contributed by atoms with van der Waals surface area (Å²) in [5, 5.41) is 2.15. The van der Waals surface area contributed by atoms with Crippen LogP contribution in [0, 0.1) is 5.82 Å². The number of carbonyl (C=O) groups excluding carboxylic acids is 3. The van der Waals surface area contributed by atoms with Gasteiger partial charge in [-0.3, -0.25) is 14.9 Å². The number of nitrogens with zero attached hydrogens (tertiary/aromatic N) is 2. The topological polar surface area (TPSA) is 79.0 Å². The van der Waals surface area contributed by atoms with Crippen molar-refractivity contribution < 1.29 is 23.5 Å². The van der Waals surface area contributed by atoms with Crippen LogP contribution in [0.25, 0.3) is 6.08 Å². The fraction of sp³-hybridized carbons (Fsp3) is 0.190. The molecule has 2 heterocycles. The van der Waals surface area contributed by atoms with Gasteiger partial charge in [-0.25, -0.2) is 14.1 Å². The molecule has 0 aliphatic carbocycles. The average molecular weight is 395 g/mol. The second-order valence-electron chi connectivity index (χ2n) is 6.63. The number of barbiturate groups is 1. The number of anilines is 2. The molecule has 2 aromatic rings. The maximum absolute atomic E-state index is 13.2. The highest BCUT2D eigenvalue weighted by Crippen LogP contribution is 2.23. The van der Waals surface area contributed by atoms with E-state index in [2.05, 4.69) is 10.2 Å². The summed E-state index contributed by atoms with van der Waals surface area (Å²) < 4.78 is 18.5. The Morgan fingerprint density at radius 1 is 0.897 bits per heavy atom. The summed E-state index contributed by atoms with van der Waals surface area (Å²) in [6, 6.07) is 11.4. The molecule has 2 fully saturated rings. The second-order valence-corrected chi connectivity index (χ2v) is 6.63. The van der Waals surface area contributed by atoms with Crippen molar-refractivity contribution in [3.8, 4) is 0 Å². The molecule has 2 aliphatic rings. The first-order valence-corrected chi connectivity index (χ1v) is 9.13. The lowest BCUT2D eigenvalue weighted by atomic mass is 10.1. The zero-order valence-electron chi connectivity index (χ0n) is 15.4. The fourth-order valence-corrected chi connectivity index (χ4v) is 3.25. The van der Waals surface area contributed by atoms with Crippen molar-refractivity contribution in [2.75, 3.05) is 36.1 Å². The lowest BCUT2D eigenvalue weighted by molar-refractivity contribution is -0.122. The molecule has 2 aromatic carbocycles. The van der Waals surface area contributed by atoms with E-state index < -0.39 is 23.7 Å². The molecule has 148 valence electrons. The smallest absolute Gasteiger partial charge is 0.335 e. The number of hydrogen-bond acceptors (Lipinski definition) is 5. The van der Waals surface area contributed by atoms with Crippen LogP contribution in [0.3, 0.4) is 0 Å². The van der Waals surface area contributed by atoms with Gasteiger partial charge in [-0.15, -0.1) is 0 Å². The van der Waals surface area contributed by atoms with E-state index in [0.29, 0.717) is 18.8 Å². The molecule has 0 aromatic heterocycles. The highest BCUT2D eigenvalue weighted by Gasteiger charge is 2.36. The molecule has 8 heteroatoms. The summed E-state index contributed by atoms with van der Waals surface area (Å²) in [5.41, 5.74) is 1.68. The largest absolute Gasteiger partial charge is 0.378 e. The van der Waals surface area contributed by atoms with Gasteiger partial charge in [0.2, 0.25) is 0 Å². The first kappa shape index (κ1) is 18.8. The first-order valence-electron chi connectivity index (χ1n) is 9.13. The van der Waals surface area contributed by atoms with Crippen LogP contribution in [0.4, 0.5) is 20.6 Å². The first-order chi connectivity index (χ1) is 14.0. The molecular weight excluding hydrogens is 377 g/mol. The number of halogens is 1. The average Bonchev–Trinajstić information content (AvgIpc) is 2.73. The highest BCUT2D eigenvalue weighted by molar-refractivity contribution is 6.39. The Labute approximate surface area is 166 Å². The summed E-state index contributed by atoms with van der Waals surface area (Å²) in [6.07, 6.45) is 1.43. The summed E-state index contributed by atoms with van der Waals surface area (Å²) in [4.78, 5) is 40.2. The molecule has 2 saturated heterocycles. The molecule has 4 amide bonds. The summed E-state index contributed by atoms with van der Waals surface area (Å²) in [5.74, 6) is -2.02. The zero-order chi connectivity index (χ0) is 20.4. The van der Waals surface area contributed by atoms with Crippen molar-refractivity contribution in [2.45, 2.75) is 0 Å². The molecule has 1 N–H and O–H groups in total. The Hall–Kier alpha value is -3.52. The predicted molar refractivity (Wildman–Crippen MR) is 105 cm³/mol. The summed E-state index contributed by atoms with van der Waals surface area (Å²) in [6.45, 7) is 2.95. The van der Waals surface area contributed by atoms with E-state index in [0.717, 1.165) is 35.8 Å². The molecule has 0 spiro atoms. The number of rotatable bonds is 3. The van der Waals surface area contributed by atoms with E-state index in [1.165, 1.54) is 18.2 Å². The molecule has 4 rings (SSSR count). The quantitative estimate of drug-likeness (QED) is 0.638. The highest BCUT2D eigenvalue weighted by atomic mass is 19.1. The minimum atomic E-state index is -0.869. The van der Waals surface area contributed by atoms with Crippen LogP contribution in [0.1, 0.15) is 5.56 Å². The number of urea groups is 1. The van der Waals surface area contributed by atoms with Gasteiger partial charge >= 0.3 is 6.03 Å². The number of amides is 4. The third-order valence-electron chi connectivity index (χ3n) is 4.77. The third-order valence-corrected chi connectivity index (χ3v) is 4.77. The van der Waals surface area contributed by atoms with Gasteiger partial charge in [-0.1, -0.05) is 12.1 Å². The van der Waals surface area contributed by atoms with Crippen molar-refractivity contribution in [1.82, 2.24) is 5.32 Å². The number of morpholine rings is 1. The van der Waals surface area contributed by atoms with Crippen molar-refractivity contribution >= 4 is 35.3 Å². The van der Waals surface area contributed by atoms with Crippen LogP contribution in [0.15, 0.2) is 54.1 Å². The molecule has 0 radical (unpaired) electrons. The molecule has 2 aliphatic heterocycles. The van der Waals surface area contributed by atoms with Crippen molar-refractivity contribution in [3.05, 3.63) is 65.5 Å². The van der Waals surface area contributed by atoms with Crippen LogP contribution in [-0.2, 0) is 14.3 Å². The van der Waals surface area contributed by atoms with Gasteiger partial charge in [0, 0.05) is 18.8 Å². The molecule has 7 nitrogen and oxygen atoms in total. The van der Waals surface area contributed by atoms with E-state index in [1.54, 1.807) is 12.1 Å². The van der Waals surface area contributed by atoms with Crippen LogP contribution >= 0.6 is 0 Å². The number of imide groups is 2. The normalized spacial score (nSPS) is 18.9. The Balaban J connectivity index is 1.59. The van der Waals surface area contributed by atoms with Crippen molar-refractivity contribution in [3.63, 3.8) is 0 Å². The number of carbonyl (C=O) groups is 3.